The monoisotopic (exact) mass is 310 g/mol. The number of nitrogens with zero attached hydrogens (tertiary/aromatic N) is 1. The lowest BCUT2D eigenvalue weighted by molar-refractivity contribution is -0.116. The zero-order valence-electron chi connectivity index (χ0n) is 13.5. The highest BCUT2D eigenvalue weighted by Gasteiger charge is 2.02. The number of aromatic hydroxyl groups is 1. The van der Waals surface area contributed by atoms with Gasteiger partial charge in [-0.1, -0.05) is 31.0 Å². The quantitative estimate of drug-likeness (QED) is 0.767. The van der Waals surface area contributed by atoms with Crippen LogP contribution in [0.5, 0.6) is 5.75 Å². The Labute approximate surface area is 136 Å². The van der Waals surface area contributed by atoms with Crippen LogP contribution in [0.3, 0.4) is 0 Å². The Morgan fingerprint density at radius 2 is 2.09 bits per heavy atom. The first kappa shape index (κ1) is 16.7. The van der Waals surface area contributed by atoms with Gasteiger partial charge in [-0.25, -0.2) is 0 Å². The van der Waals surface area contributed by atoms with E-state index >= 15 is 0 Å². The average Bonchev–Trinajstić information content (AvgIpc) is 2.54. The molecular formula is C19H22N2O2. The zero-order valence-corrected chi connectivity index (χ0v) is 13.5. The van der Waals surface area contributed by atoms with E-state index in [1.54, 1.807) is 12.3 Å². The number of carbonyl (C=O) groups excluding carboxylic acids is 1. The molecule has 0 radical (unpaired) electrons. The number of hydrogen-bond acceptors (Lipinski definition) is 3. The largest absolute Gasteiger partial charge is 0.507 e. The van der Waals surface area contributed by atoms with Crippen LogP contribution in [0.25, 0.3) is 0 Å². The van der Waals surface area contributed by atoms with Crippen LogP contribution in [0.15, 0.2) is 47.5 Å². The summed E-state index contributed by atoms with van der Waals surface area (Å²) in [5.41, 5.74) is 3.18. The Kier molecular flexibility index (Phi) is 5.92. The molecule has 0 saturated heterocycles. The van der Waals surface area contributed by atoms with Gasteiger partial charge in [0.15, 0.2) is 0 Å². The van der Waals surface area contributed by atoms with E-state index in [0.717, 1.165) is 29.8 Å². The van der Waals surface area contributed by atoms with E-state index in [9.17, 15) is 9.90 Å². The highest BCUT2D eigenvalue weighted by atomic mass is 16.3. The maximum Gasteiger partial charge on any atom is 0.224 e. The van der Waals surface area contributed by atoms with Crippen molar-refractivity contribution >= 4 is 23.5 Å². The predicted molar refractivity (Wildman–Crippen MR) is 94.7 cm³/mol. The Morgan fingerprint density at radius 1 is 1.26 bits per heavy atom. The molecule has 0 aliphatic heterocycles. The number of nitrogens with one attached hydrogen (secondary N) is 1. The van der Waals surface area contributed by atoms with Crippen LogP contribution in [0, 0.1) is 6.92 Å². The van der Waals surface area contributed by atoms with Crippen molar-refractivity contribution in [2.75, 3.05) is 5.32 Å². The highest BCUT2D eigenvalue weighted by molar-refractivity contribution is 5.91. The normalized spacial score (nSPS) is 10.9. The predicted octanol–water partition coefficient (Wildman–Crippen LogP) is 4.58. The summed E-state index contributed by atoms with van der Waals surface area (Å²) in [7, 11) is 0. The zero-order chi connectivity index (χ0) is 16.7. The van der Waals surface area contributed by atoms with Crippen LogP contribution in [0.4, 0.5) is 11.4 Å². The number of phenolic OH excluding ortho intramolecular Hbond substituents is 1. The van der Waals surface area contributed by atoms with Gasteiger partial charge in [-0.15, -0.1) is 0 Å². The Hall–Kier alpha value is -2.62. The Morgan fingerprint density at radius 3 is 2.87 bits per heavy atom. The number of phenols is 1. The molecule has 4 heteroatoms. The second-order valence-electron chi connectivity index (χ2n) is 5.52. The number of benzene rings is 2. The summed E-state index contributed by atoms with van der Waals surface area (Å²) >= 11 is 0. The third kappa shape index (κ3) is 5.25. The fraction of sp³-hybridized carbons (Fsp3) is 0.263. The second kappa shape index (κ2) is 8.13. The van der Waals surface area contributed by atoms with E-state index < -0.39 is 0 Å². The van der Waals surface area contributed by atoms with Crippen molar-refractivity contribution in [3.63, 3.8) is 0 Å². The van der Waals surface area contributed by atoms with Crippen molar-refractivity contribution in [3.8, 4) is 5.75 Å². The molecule has 2 rings (SSSR count). The van der Waals surface area contributed by atoms with Crippen molar-refractivity contribution in [2.24, 2.45) is 4.99 Å². The van der Waals surface area contributed by atoms with Gasteiger partial charge in [-0.05, 0) is 43.7 Å². The van der Waals surface area contributed by atoms with Crippen LogP contribution in [-0.2, 0) is 4.79 Å². The van der Waals surface area contributed by atoms with Gasteiger partial charge in [0.1, 0.15) is 5.75 Å². The SMILES string of the molecule is CCCCC(=O)Nc1cccc(N=Cc2cc(C)ccc2O)c1. The second-order valence-corrected chi connectivity index (χ2v) is 5.52. The topological polar surface area (TPSA) is 61.7 Å². The van der Waals surface area contributed by atoms with Gasteiger partial charge in [-0.3, -0.25) is 9.79 Å². The van der Waals surface area contributed by atoms with Gasteiger partial charge >= 0.3 is 0 Å². The van der Waals surface area contributed by atoms with Gasteiger partial charge in [0, 0.05) is 23.9 Å². The molecule has 0 aliphatic rings. The number of aliphatic imine (C=N–C) groups is 1. The molecule has 0 aliphatic carbocycles. The standard InChI is InChI=1S/C19H22N2O2/c1-3-4-8-19(23)21-17-7-5-6-16(12-17)20-13-15-11-14(2)9-10-18(15)22/h5-7,9-13,22H,3-4,8H2,1-2H3,(H,21,23). The number of amides is 1. The molecule has 4 nitrogen and oxygen atoms in total. The van der Waals surface area contributed by atoms with Crippen molar-refractivity contribution in [2.45, 2.75) is 33.1 Å². The Balaban J connectivity index is 2.09. The first-order chi connectivity index (χ1) is 11.1. The molecule has 2 aromatic carbocycles. The lowest BCUT2D eigenvalue weighted by Gasteiger charge is -2.05. The van der Waals surface area contributed by atoms with E-state index in [0.29, 0.717) is 12.0 Å². The van der Waals surface area contributed by atoms with E-state index in [-0.39, 0.29) is 11.7 Å². The summed E-state index contributed by atoms with van der Waals surface area (Å²) in [6, 6.07) is 12.7. The molecule has 1 amide bonds. The Bertz CT molecular complexity index is 708. The third-order valence-electron chi connectivity index (χ3n) is 3.42. The molecule has 120 valence electrons. The average molecular weight is 310 g/mol. The molecule has 0 bridgehead atoms. The van der Waals surface area contributed by atoms with Gasteiger partial charge in [0.25, 0.3) is 0 Å². The summed E-state index contributed by atoms with van der Waals surface area (Å²) in [6.45, 7) is 4.02. The van der Waals surface area contributed by atoms with E-state index in [1.165, 1.54) is 0 Å². The molecule has 0 spiro atoms. The van der Waals surface area contributed by atoms with Crippen molar-refractivity contribution in [1.29, 1.82) is 0 Å². The molecule has 0 heterocycles. The van der Waals surface area contributed by atoms with Gasteiger partial charge in [0.05, 0.1) is 5.69 Å². The van der Waals surface area contributed by atoms with Crippen LogP contribution < -0.4 is 5.32 Å². The highest BCUT2D eigenvalue weighted by Crippen LogP contribution is 2.20. The van der Waals surface area contributed by atoms with Crippen molar-refractivity contribution < 1.29 is 9.90 Å². The minimum atomic E-state index is 0.0179. The van der Waals surface area contributed by atoms with Gasteiger partial charge in [0.2, 0.25) is 5.91 Å². The van der Waals surface area contributed by atoms with Crippen molar-refractivity contribution in [1.82, 2.24) is 0 Å². The summed E-state index contributed by atoms with van der Waals surface area (Å²) in [6.07, 6.45) is 4.04. The maximum atomic E-state index is 11.8. The summed E-state index contributed by atoms with van der Waals surface area (Å²) in [5.74, 6) is 0.215. The molecule has 2 aromatic rings. The minimum Gasteiger partial charge on any atom is -0.507 e. The first-order valence-electron chi connectivity index (χ1n) is 7.82. The lowest BCUT2D eigenvalue weighted by atomic mass is 10.1. The minimum absolute atomic E-state index is 0.0179. The number of unbranched alkanes of at least 4 members (excludes halogenated alkanes) is 1. The summed E-state index contributed by atoms with van der Waals surface area (Å²) in [4.78, 5) is 16.1. The molecule has 0 unspecified atom stereocenters. The number of rotatable bonds is 6. The molecule has 0 atom stereocenters. The van der Waals surface area contributed by atoms with Crippen LogP contribution in [0.1, 0.15) is 37.3 Å². The fourth-order valence-electron chi connectivity index (χ4n) is 2.15. The third-order valence-corrected chi connectivity index (χ3v) is 3.42. The van der Waals surface area contributed by atoms with E-state index in [2.05, 4.69) is 17.2 Å². The van der Waals surface area contributed by atoms with Crippen LogP contribution >= 0.6 is 0 Å². The smallest absolute Gasteiger partial charge is 0.224 e. The van der Waals surface area contributed by atoms with E-state index in [1.807, 2.05) is 43.3 Å². The molecule has 2 N–H and O–H groups in total. The van der Waals surface area contributed by atoms with Gasteiger partial charge in [-0.2, -0.15) is 0 Å². The van der Waals surface area contributed by atoms with Crippen LogP contribution in [0.2, 0.25) is 0 Å². The lowest BCUT2D eigenvalue weighted by Crippen LogP contribution is -2.10. The molecule has 0 fully saturated rings. The number of carbonyl (C=O) groups is 1. The summed E-state index contributed by atoms with van der Waals surface area (Å²) in [5, 5.41) is 12.7. The molecule has 0 aromatic heterocycles. The summed E-state index contributed by atoms with van der Waals surface area (Å²) < 4.78 is 0. The maximum absolute atomic E-state index is 11.8. The fourth-order valence-corrected chi connectivity index (χ4v) is 2.15. The van der Waals surface area contributed by atoms with Gasteiger partial charge < -0.3 is 10.4 Å². The van der Waals surface area contributed by atoms with E-state index in [4.69, 9.17) is 0 Å². The molecular weight excluding hydrogens is 288 g/mol. The molecule has 0 saturated carbocycles. The van der Waals surface area contributed by atoms with Crippen LogP contribution in [-0.4, -0.2) is 17.2 Å². The number of hydrogen-bond donors (Lipinski definition) is 2. The number of aryl methyl sites for hydroxylation is 1. The number of anilines is 1. The van der Waals surface area contributed by atoms with Crippen molar-refractivity contribution in [3.05, 3.63) is 53.6 Å². The first-order valence-corrected chi connectivity index (χ1v) is 7.82. The molecule has 23 heavy (non-hydrogen) atoms.